The van der Waals surface area contributed by atoms with Crippen molar-refractivity contribution in [1.29, 1.82) is 0 Å². The lowest BCUT2D eigenvalue weighted by Gasteiger charge is -2.39. The van der Waals surface area contributed by atoms with Gasteiger partial charge in [-0.1, -0.05) is 42.5 Å². The zero-order chi connectivity index (χ0) is 25.5. The van der Waals surface area contributed by atoms with Gasteiger partial charge < -0.3 is 20.6 Å². The van der Waals surface area contributed by atoms with E-state index in [9.17, 15) is 22.4 Å². The normalized spacial score (nSPS) is 16.4. The van der Waals surface area contributed by atoms with Crippen LogP contribution in [0.2, 0.25) is 0 Å². The van der Waals surface area contributed by atoms with Crippen molar-refractivity contribution >= 4 is 11.9 Å². The molecule has 186 valence electrons. The summed E-state index contributed by atoms with van der Waals surface area (Å²) in [6.07, 6.45) is -3.65. The molecule has 0 bridgehead atoms. The summed E-state index contributed by atoms with van der Waals surface area (Å²) in [5, 5.41) is 7.12. The topological polar surface area (TPSA) is 86.9 Å². The van der Waals surface area contributed by atoms with Crippen LogP contribution in [-0.2, 0) is 29.0 Å². The van der Waals surface area contributed by atoms with E-state index in [1.807, 2.05) is 31.1 Å². The molecule has 3 rings (SSSR count). The maximum Gasteiger partial charge on any atom is 0.490 e. The molecule has 3 N–H and O–H groups in total. The number of likely N-dealkylation sites (N-methyl/N-ethyl adjacent to an activating group) is 1. The predicted octanol–water partition coefficient (Wildman–Crippen LogP) is 3.23. The van der Waals surface area contributed by atoms with Crippen molar-refractivity contribution < 1.29 is 32.3 Å². The van der Waals surface area contributed by atoms with Crippen LogP contribution in [0.25, 0.3) is 0 Å². The van der Waals surface area contributed by atoms with Gasteiger partial charge in [0.05, 0.1) is 0 Å². The van der Waals surface area contributed by atoms with Crippen molar-refractivity contribution in [3.05, 3.63) is 71.0 Å². The van der Waals surface area contributed by atoms with Crippen LogP contribution in [0.4, 0.5) is 17.6 Å². The molecule has 1 amide bonds. The van der Waals surface area contributed by atoms with E-state index in [0.717, 1.165) is 13.0 Å². The van der Waals surface area contributed by atoms with Gasteiger partial charge in [-0.15, -0.1) is 0 Å². The first kappa shape index (κ1) is 27.3. The number of amides is 1. The molecular formula is C24H29F4N3O3. The predicted molar refractivity (Wildman–Crippen MR) is 119 cm³/mol. The van der Waals surface area contributed by atoms with E-state index in [0.29, 0.717) is 18.5 Å². The Hall–Kier alpha value is -2.98. The number of carbonyl (C=O) groups is 2. The first-order valence-electron chi connectivity index (χ1n) is 10.7. The number of carboxylic acids is 1. The average molecular weight is 484 g/mol. The number of nitrogens with two attached hydrogens (primary N) is 1. The zero-order valence-corrected chi connectivity index (χ0v) is 19.1. The minimum Gasteiger partial charge on any atom is -0.475 e. The van der Waals surface area contributed by atoms with Gasteiger partial charge in [-0.05, 0) is 49.7 Å². The molecule has 2 aromatic rings. The average Bonchev–Trinajstić information content (AvgIpc) is 2.74. The Kier molecular flexibility index (Phi) is 9.57. The molecule has 0 fully saturated rings. The van der Waals surface area contributed by atoms with Gasteiger partial charge in [0.15, 0.2) is 0 Å². The Balaban J connectivity index is 0.000000509. The quantitative estimate of drug-likeness (QED) is 0.617. The second kappa shape index (κ2) is 11.9. The van der Waals surface area contributed by atoms with Gasteiger partial charge >= 0.3 is 12.1 Å². The van der Waals surface area contributed by atoms with E-state index >= 15 is 0 Å². The fourth-order valence-electron chi connectivity index (χ4n) is 3.82. The Morgan fingerprint density at radius 2 is 1.68 bits per heavy atom. The smallest absolute Gasteiger partial charge is 0.475 e. The highest BCUT2D eigenvalue weighted by molar-refractivity contribution is 5.77. The molecule has 6 nitrogen and oxygen atoms in total. The van der Waals surface area contributed by atoms with Crippen LogP contribution in [0.1, 0.15) is 23.1 Å². The molecule has 2 atom stereocenters. The molecule has 0 saturated heterocycles. The van der Waals surface area contributed by atoms with Crippen LogP contribution in [0, 0.1) is 5.82 Å². The Morgan fingerprint density at radius 3 is 2.24 bits per heavy atom. The van der Waals surface area contributed by atoms with Gasteiger partial charge in [-0.25, -0.2) is 9.18 Å². The molecule has 0 aliphatic carbocycles. The number of rotatable bonds is 6. The lowest BCUT2D eigenvalue weighted by Crippen LogP contribution is -2.50. The molecule has 10 heteroatoms. The Bertz CT molecular complexity index is 982. The van der Waals surface area contributed by atoms with E-state index in [1.165, 1.54) is 17.2 Å². The molecule has 1 aliphatic rings. The molecule has 2 aromatic carbocycles. The number of carboxylic acid groups (broad SMARTS) is 1. The number of benzene rings is 2. The maximum atomic E-state index is 13.9. The van der Waals surface area contributed by atoms with Crippen LogP contribution in [-0.4, -0.2) is 65.7 Å². The van der Waals surface area contributed by atoms with Gasteiger partial charge in [0.1, 0.15) is 5.82 Å². The highest BCUT2D eigenvalue weighted by Crippen LogP contribution is 2.25. The number of halogens is 4. The SMILES string of the molecule is CN(C)C[C@@H]1Cc2ccccc2CN1C(=O)C[C@H](N)Cc1ccccc1F.O=C(O)C(F)(F)F. The highest BCUT2D eigenvalue weighted by Gasteiger charge is 2.38. The fourth-order valence-corrected chi connectivity index (χ4v) is 3.82. The first-order valence-corrected chi connectivity index (χ1v) is 10.7. The van der Waals surface area contributed by atoms with Crippen molar-refractivity contribution in [2.24, 2.45) is 5.73 Å². The first-order chi connectivity index (χ1) is 15.9. The summed E-state index contributed by atoms with van der Waals surface area (Å²) in [5.74, 6) is -2.98. The number of carbonyl (C=O) groups excluding carboxylic acids is 1. The van der Waals surface area contributed by atoms with E-state index < -0.39 is 18.2 Å². The second-order valence-electron chi connectivity index (χ2n) is 8.47. The number of hydrogen-bond donors (Lipinski definition) is 2. The summed E-state index contributed by atoms with van der Waals surface area (Å²) in [4.78, 5) is 26.0. The Labute approximate surface area is 196 Å². The molecule has 0 radical (unpaired) electrons. The third-order valence-electron chi connectivity index (χ3n) is 5.37. The van der Waals surface area contributed by atoms with Crippen molar-refractivity contribution in [1.82, 2.24) is 9.80 Å². The number of alkyl halides is 3. The number of fused-ring (bicyclic) bond motifs is 1. The van der Waals surface area contributed by atoms with E-state index in [1.54, 1.807) is 18.2 Å². The van der Waals surface area contributed by atoms with Crippen LogP contribution in [0.15, 0.2) is 48.5 Å². The lowest BCUT2D eigenvalue weighted by molar-refractivity contribution is -0.192. The molecule has 1 aliphatic heterocycles. The van der Waals surface area contributed by atoms with E-state index in [-0.39, 0.29) is 24.2 Å². The monoisotopic (exact) mass is 483 g/mol. The van der Waals surface area contributed by atoms with Gasteiger partial charge in [0, 0.05) is 31.6 Å². The number of aliphatic carboxylic acids is 1. The van der Waals surface area contributed by atoms with Crippen LogP contribution < -0.4 is 5.73 Å². The van der Waals surface area contributed by atoms with Crippen LogP contribution in [0.5, 0.6) is 0 Å². The summed E-state index contributed by atoms with van der Waals surface area (Å²) < 4.78 is 45.6. The molecule has 0 aromatic heterocycles. The van der Waals surface area contributed by atoms with Crippen molar-refractivity contribution in [2.75, 3.05) is 20.6 Å². The molecular weight excluding hydrogens is 454 g/mol. The Morgan fingerprint density at radius 1 is 1.12 bits per heavy atom. The largest absolute Gasteiger partial charge is 0.490 e. The summed E-state index contributed by atoms with van der Waals surface area (Å²) in [6, 6.07) is 14.6. The van der Waals surface area contributed by atoms with Gasteiger partial charge in [-0.2, -0.15) is 13.2 Å². The molecule has 0 unspecified atom stereocenters. The molecule has 0 saturated carbocycles. The standard InChI is InChI=1S/C22H28FN3O.C2HF3O2/c1-25(2)15-20-12-16-7-3-4-9-18(16)14-26(20)22(27)13-19(24)11-17-8-5-6-10-21(17)23;3-2(4,5)1(6)7/h3-10,19-20H,11-15,24H2,1-2H3;(H,6,7)/t19-,20+;/m1./s1. The van der Waals surface area contributed by atoms with Gasteiger partial charge in [0.25, 0.3) is 0 Å². The lowest BCUT2D eigenvalue weighted by atomic mass is 9.92. The molecule has 0 spiro atoms. The van der Waals surface area contributed by atoms with Gasteiger partial charge in [-0.3, -0.25) is 4.79 Å². The maximum absolute atomic E-state index is 13.9. The number of nitrogens with zero attached hydrogens (tertiary/aromatic N) is 2. The molecule has 1 heterocycles. The van der Waals surface area contributed by atoms with E-state index in [2.05, 4.69) is 17.0 Å². The zero-order valence-electron chi connectivity index (χ0n) is 19.1. The van der Waals surface area contributed by atoms with Crippen molar-refractivity contribution in [3.63, 3.8) is 0 Å². The van der Waals surface area contributed by atoms with Crippen molar-refractivity contribution in [3.8, 4) is 0 Å². The summed E-state index contributed by atoms with van der Waals surface area (Å²) >= 11 is 0. The summed E-state index contributed by atoms with van der Waals surface area (Å²) in [6.45, 7) is 1.42. The third kappa shape index (κ3) is 8.11. The minimum atomic E-state index is -5.08. The van der Waals surface area contributed by atoms with Crippen LogP contribution in [0.3, 0.4) is 0 Å². The fraction of sp³-hybridized carbons (Fsp3) is 0.417. The van der Waals surface area contributed by atoms with Crippen LogP contribution >= 0.6 is 0 Å². The second-order valence-corrected chi connectivity index (χ2v) is 8.47. The summed E-state index contributed by atoms with van der Waals surface area (Å²) in [7, 11) is 4.04. The molecule has 34 heavy (non-hydrogen) atoms. The van der Waals surface area contributed by atoms with Crippen molar-refractivity contribution in [2.45, 2.75) is 44.1 Å². The van der Waals surface area contributed by atoms with E-state index in [4.69, 9.17) is 15.6 Å². The number of hydrogen-bond acceptors (Lipinski definition) is 4. The minimum absolute atomic E-state index is 0.0418. The van der Waals surface area contributed by atoms with Gasteiger partial charge in [0.2, 0.25) is 5.91 Å². The highest BCUT2D eigenvalue weighted by atomic mass is 19.4. The summed E-state index contributed by atoms with van der Waals surface area (Å²) in [5.41, 5.74) is 9.27. The third-order valence-corrected chi connectivity index (χ3v) is 5.37.